The molecular formula is C25H24N+. The maximum absolute atomic E-state index is 2.53. The number of aryl methyl sites for hydroxylation is 2. The van der Waals surface area contributed by atoms with Crippen LogP contribution in [0.25, 0.3) is 22.4 Å². The van der Waals surface area contributed by atoms with E-state index in [1.807, 2.05) is 0 Å². The van der Waals surface area contributed by atoms with Crippen LogP contribution in [0.15, 0.2) is 48.7 Å². The average Bonchev–Trinajstić information content (AvgIpc) is 2.98. The van der Waals surface area contributed by atoms with Crippen LogP contribution in [0, 0.1) is 12.8 Å². The Morgan fingerprint density at radius 3 is 2.69 bits per heavy atom. The van der Waals surface area contributed by atoms with Gasteiger partial charge in [-0.3, -0.25) is 0 Å². The molecule has 0 N–H and O–H groups in total. The molecule has 1 heterocycles. The fraction of sp³-hybridized carbons (Fsp3) is 0.320. The highest BCUT2D eigenvalue weighted by molar-refractivity contribution is 5.85. The van der Waals surface area contributed by atoms with E-state index in [0.717, 1.165) is 18.3 Å². The molecule has 7 rings (SSSR count). The van der Waals surface area contributed by atoms with Crippen molar-refractivity contribution in [1.29, 1.82) is 0 Å². The normalized spacial score (nSPS) is 21.6. The Bertz CT molecular complexity index is 1070. The lowest BCUT2D eigenvalue weighted by Gasteiger charge is -2.41. The lowest BCUT2D eigenvalue weighted by atomic mass is 9.63. The maximum Gasteiger partial charge on any atom is 0.213 e. The molecule has 0 amide bonds. The van der Waals surface area contributed by atoms with E-state index >= 15 is 0 Å². The summed E-state index contributed by atoms with van der Waals surface area (Å²) in [5.74, 6) is 1.77. The first-order chi connectivity index (χ1) is 12.7. The second kappa shape index (κ2) is 5.07. The highest BCUT2D eigenvalue weighted by Gasteiger charge is 2.39. The van der Waals surface area contributed by atoms with Gasteiger partial charge < -0.3 is 0 Å². The Labute approximate surface area is 155 Å². The Balaban J connectivity index is 1.58. The molecule has 0 radical (unpaired) electrons. The highest BCUT2D eigenvalue weighted by atomic mass is 14.9. The summed E-state index contributed by atoms with van der Waals surface area (Å²) in [6.07, 6.45) is 7.60. The number of rotatable bonds is 1. The van der Waals surface area contributed by atoms with Gasteiger partial charge in [-0.1, -0.05) is 36.4 Å². The molecule has 1 aromatic heterocycles. The molecule has 0 unspecified atom stereocenters. The number of nitrogens with zero attached hydrogens (tertiary/aromatic N) is 1. The molecule has 1 fully saturated rings. The minimum Gasteiger partial charge on any atom is -0.201 e. The third kappa shape index (κ3) is 1.89. The van der Waals surface area contributed by atoms with Crippen molar-refractivity contribution < 1.29 is 4.57 Å². The van der Waals surface area contributed by atoms with Crippen LogP contribution in [0.1, 0.15) is 46.6 Å². The van der Waals surface area contributed by atoms with Crippen LogP contribution in [-0.2, 0) is 19.9 Å². The van der Waals surface area contributed by atoms with E-state index in [2.05, 4.69) is 67.2 Å². The minimum atomic E-state index is 0.818. The van der Waals surface area contributed by atoms with E-state index in [4.69, 9.17) is 0 Å². The molecule has 0 spiro atoms. The van der Waals surface area contributed by atoms with Crippen LogP contribution >= 0.6 is 0 Å². The molecule has 1 saturated carbocycles. The van der Waals surface area contributed by atoms with Crippen LogP contribution in [-0.4, -0.2) is 0 Å². The predicted molar refractivity (Wildman–Crippen MR) is 105 cm³/mol. The molecule has 2 aromatic carbocycles. The van der Waals surface area contributed by atoms with Gasteiger partial charge in [0.05, 0.1) is 5.56 Å². The lowest BCUT2D eigenvalue weighted by molar-refractivity contribution is -0.661. The standard InChI is InChI=1S/C25H24N/c1-15-7-8-21-20-6-4-3-5-17(20)12-23(21)25(15)24-13-22-18-9-16(10-18)11-19(22)14-26(24)2/h3-8,13-14,16,18H,9-12H2,1-2H3/q+1. The number of benzene rings is 2. The topological polar surface area (TPSA) is 3.88 Å². The van der Waals surface area contributed by atoms with Crippen LogP contribution in [0.2, 0.25) is 0 Å². The van der Waals surface area contributed by atoms with E-state index in [1.165, 1.54) is 58.3 Å². The van der Waals surface area contributed by atoms with Crippen molar-refractivity contribution in [2.75, 3.05) is 0 Å². The first kappa shape index (κ1) is 14.7. The average molecular weight is 338 g/mol. The van der Waals surface area contributed by atoms with Crippen molar-refractivity contribution in [3.63, 3.8) is 0 Å². The van der Waals surface area contributed by atoms with Gasteiger partial charge in [-0.15, -0.1) is 0 Å². The maximum atomic E-state index is 2.53. The fourth-order valence-corrected chi connectivity index (χ4v) is 5.67. The zero-order valence-electron chi connectivity index (χ0n) is 15.5. The summed E-state index contributed by atoms with van der Waals surface area (Å²) >= 11 is 0. The summed E-state index contributed by atoms with van der Waals surface area (Å²) in [5.41, 5.74) is 13.3. The second-order valence-corrected chi connectivity index (χ2v) is 8.61. The van der Waals surface area contributed by atoms with Gasteiger partial charge in [-0.2, -0.15) is 0 Å². The van der Waals surface area contributed by atoms with Gasteiger partial charge in [0.1, 0.15) is 7.05 Å². The van der Waals surface area contributed by atoms with Gasteiger partial charge in [0, 0.05) is 11.6 Å². The molecule has 4 aliphatic rings. The van der Waals surface area contributed by atoms with E-state index in [9.17, 15) is 0 Å². The zero-order valence-corrected chi connectivity index (χ0v) is 15.5. The molecule has 128 valence electrons. The molecule has 4 aliphatic carbocycles. The van der Waals surface area contributed by atoms with Crippen LogP contribution in [0.5, 0.6) is 0 Å². The van der Waals surface area contributed by atoms with Gasteiger partial charge in [0.15, 0.2) is 6.20 Å². The Kier molecular flexibility index (Phi) is 2.87. The molecule has 26 heavy (non-hydrogen) atoms. The van der Waals surface area contributed by atoms with Gasteiger partial charge in [-0.25, -0.2) is 4.57 Å². The van der Waals surface area contributed by atoms with Crippen molar-refractivity contribution in [3.8, 4) is 22.4 Å². The van der Waals surface area contributed by atoms with Crippen molar-refractivity contribution in [1.82, 2.24) is 0 Å². The van der Waals surface area contributed by atoms with E-state index in [0.29, 0.717) is 0 Å². The summed E-state index contributed by atoms with van der Waals surface area (Å²) < 4.78 is 2.38. The summed E-state index contributed by atoms with van der Waals surface area (Å²) in [5, 5.41) is 0. The molecule has 0 atom stereocenters. The van der Waals surface area contributed by atoms with Crippen molar-refractivity contribution in [3.05, 3.63) is 76.5 Å². The van der Waals surface area contributed by atoms with Gasteiger partial charge in [0.2, 0.25) is 5.69 Å². The minimum absolute atomic E-state index is 0.818. The number of hydrogen-bond donors (Lipinski definition) is 0. The second-order valence-electron chi connectivity index (χ2n) is 8.61. The Hall–Kier alpha value is -2.41. The highest BCUT2D eigenvalue weighted by Crippen LogP contribution is 2.50. The zero-order chi connectivity index (χ0) is 17.4. The number of fused-ring (bicyclic) bond motifs is 3. The van der Waals surface area contributed by atoms with Gasteiger partial charge >= 0.3 is 0 Å². The quantitative estimate of drug-likeness (QED) is 0.425. The number of pyridine rings is 1. The van der Waals surface area contributed by atoms with Crippen LogP contribution in [0.4, 0.5) is 0 Å². The first-order valence-electron chi connectivity index (χ1n) is 9.92. The third-order valence-electron chi connectivity index (χ3n) is 7.03. The summed E-state index contributed by atoms with van der Waals surface area (Å²) in [6.45, 7) is 2.28. The van der Waals surface area contributed by atoms with E-state index in [-0.39, 0.29) is 0 Å². The molecule has 0 aliphatic heterocycles. The lowest BCUT2D eigenvalue weighted by Crippen LogP contribution is -2.37. The molecule has 1 heteroatoms. The van der Waals surface area contributed by atoms with Crippen molar-refractivity contribution in [2.45, 2.75) is 38.5 Å². The first-order valence-corrected chi connectivity index (χ1v) is 9.92. The van der Waals surface area contributed by atoms with Crippen molar-refractivity contribution in [2.24, 2.45) is 13.0 Å². The molecule has 0 saturated heterocycles. The monoisotopic (exact) mass is 338 g/mol. The number of aromatic nitrogens is 1. The Morgan fingerprint density at radius 1 is 0.962 bits per heavy atom. The summed E-state index contributed by atoms with van der Waals surface area (Å²) in [6, 6.07) is 16.1. The Morgan fingerprint density at radius 2 is 1.81 bits per heavy atom. The van der Waals surface area contributed by atoms with Gasteiger partial charge in [-0.05, 0) is 77.8 Å². The molecule has 3 aromatic rings. The van der Waals surface area contributed by atoms with Crippen LogP contribution in [0.3, 0.4) is 0 Å². The molecular weight excluding hydrogens is 314 g/mol. The predicted octanol–water partition coefficient (Wildman–Crippen LogP) is 5.11. The number of hydrogen-bond acceptors (Lipinski definition) is 0. The molecule has 1 nitrogen and oxygen atoms in total. The smallest absolute Gasteiger partial charge is 0.201 e. The van der Waals surface area contributed by atoms with E-state index < -0.39 is 0 Å². The van der Waals surface area contributed by atoms with Crippen LogP contribution < -0.4 is 4.57 Å². The summed E-state index contributed by atoms with van der Waals surface area (Å²) in [4.78, 5) is 0. The SMILES string of the molecule is Cc1ccc2c(c1-c1cc3c(c[n+]1C)CC1CC3C1)Cc1ccccc1-2. The third-order valence-corrected chi connectivity index (χ3v) is 7.03. The van der Waals surface area contributed by atoms with Crippen molar-refractivity contribution >= 4 is 0 Å². The fourth-order valence-electron chi connectivity index (χ4n) is 5.67. The summed E-state index contributed by atoms with van der Waals surface area (Å²) in [7, 11) is 2.23. The molecule has 2 bridgehead atoms. The van der Waals surface area contributed by atoms with E-state index in [1.54, 1.807) is 11.1 Å². The largest absolute Gasteiger partial charge is 0.213 e. The van der Waals surface area contributed by atoms with Gasteiger partial charge in [0.25, 0.3) is 0 Å².